The average molecular weight is 408 g/mol. The van der Waals surface area contributed by atoms with Gasteiger partial charge in [0.1, 0.15) is 17.2 Å². The molecule has 1 aliphatic heterocycles. The first kappa shape index (κ1) is 20.1. The molecule has 0 saturated carbocycles. The minimum absolute atomic E-state index is 0.0700. The fourth-order valence-corrected chi connectivity index (χ4v) is 3.65. The molecule has 2 heterocycles. The van der Waals surface area contributed by atoms with Crippen molar-refractivity contribution >= 4 is 16.8 Å². The van der Waals surface area contributed by atoms with E-state index in [9.17, 15) is 4.79 Å². The van der Waals surface area contributed by atoms with Crippen molar-refractivity contribution in [2.24, 2.45) is 5.92 Å². The highest BCUT2D eigenvalue weighted by atomic mass is 16.7. The standard InChI is InChI=1S/C24H28N2O4/c1-3-5-6-16(4-2)14-25-24(27)21-12-17-11-18(7-9-20(17)26-21)30-19-8-10-22-23(13-19)29-15-28-22/h7-13,16,26H,3-6,14-15H2,1-2H3,(H,25,27). The van der Waals surface area contributed by atoms with E-state index in [1.54, 1.807) is 0 Å². The summed E-state index contributed by atoms with van der Waals surface area (Å²) in [6.45, 7) is 5.32. The smallest absolute Gasteiger partial charge is 0.267 e. The molecule has 0 fully saturated rings. The SMILES string of the molecule is CCCCC(CC)CNC(=O)c1cc2cc(Oc3ccc4c(c3)OCO4)ccc2[nH]1. The first-order chi connectivity index (χ1) is 14.7. The third-order valence-corrected chi connectivity index (χ3v) is 5.51. The summed E-state index contributed by atoms with van der Waals surface area (Å²) in [5.41, 5.74) is 1.46. The van der Waals surface area contributed by atoms with Crippen LogP contribution in [0.4, 0.5) is 0 Å². The number of carbonyl (C=O) groups is 1. The first-order valence-electron chi connectivity index (χ1n) is 10.6. The summed E-state index contributed by atoms with van der Waals surface area (Å²) in [5.74, 6) is 3.22. The van der Waals surface area contributed by atoms with E-state index >= 15 is 0 Å². The van der Waals surface area contributed by atoms with E-state index in [1.165, 1.54) is 12.8 Å². The summed E-state index contributed by atoms with van der Waals surface area (Å²) in [7, 11) is 0. The molecule has 1 aliphatic rings. The van der Waals surface area contributed by atoms with Crippen LogP contribution in [0.15, 0.2) is 42.5 Å². The molecule has 1 unspecified atom stereocenters. The van der Waals surface area contributed by atoms with Gasteiger partial charge in [-0.15, -0.1) is 0 Å². The van der Waals surface area contributed by atoms with E-state index in [2.05, 4.69) is 24.1 Å². The zero-order valence-electron chi connectivity index (χ0n) is 17.5. The average Bonchev–Trinajstić information content (AvgIpc) is 3.39. The highest BCUT2D eigenvalue weighted by molar-refractivity contribution is 5.98. The van der Waals surface area contributed by atoms with Gasteiger partial charge in [-0.3, -0.25) is 4.79 Å². The monoisotopic (exact) mass is 408 g/mol. The fourth-order valence-electron chi connectivity index (χ4n) is 3.65. The molecule has 2 N–H and O–H groups in total. The second-order valence-electron chi connectivity index (χ2n) is 7.68. The van der Waals surface area contributed by atoms with Gasteiger partial charge in [0.2, 0.25) is 6.79 Å². The number of benzene rings is 2. The van der Waals surface area contributed by atoms with Gasteiger partial charge in [0.25, 0.3) is 5.91 Å². The predicted octanol–water partition coefficient (Wildman–Crippen LogP) is 5.64. The molecule has 1 amide bonds. The largest absolute Gasteiger partial charge is 0.457 e. The summed E-state index contributed by atoms with van der Waals surface area (Å²) in [5, 5.41) is 4.00. The Morgan fingerprint density at radius 1 is 1.10 bits per heavy atom. The summed E-state index contributed by atoms with van der Waals surface area (Å²) in [4.78, 5) is 15.8. The Kier molecular flexibility index (Phi) is 6.12. The topological polar surface area (TPSA) is 72.6 Å². The Morgan fingerprint density at radius 3 is 2.73 bits per heavy atom. The lowest BCUT2D eigenvalue weighted by atomic mass is 9.99. The van der Waals surface area contributed by atoms with E-state index in [4.69, 9.17) is 14.2 Å². The number of nitrogens with one attached hydrogen (secondary N) is 2. The molecule has 0 radical (unpaired) electrons. The number of aromatic nitrogens is 1. The maximum atomic E-state index is 12.6. The van der Waals surface area contributed by atoms with Gasteiger partial charge in [-0.25, -0.2) is 0 Å². The van der Waals surface area contributed by atoms with Gasteiger partial charge in [-0.05, 0) is 48.7 Å². The van der Waals surface area contributed by atoms with Crippen LogP contribution in [0.3, 0.4) is 0 Å². The second kappa shape index (κ2) is 9.11. The maximum absolute atomic E-state index is 12.6. The highest BCUT2D eigenvalue weighted by Gasteiger charge is 2.15. The van der Waals surface area contributed by atoms with Crippen LogP contribution in [0.2, 0.25) is 0 Å². The number of hydrogen-bond acceptors (Lipinski definition) is 4. The van der Waals surface area contributed by atoms with Crippen molar-refractivity contribution in [3.8, 4) is 23.0 Å². The Morgan fingerprint density at radius 2 is 1.90 bits per heavy atom. The Labute approximate surface area is 176 Å². The number of unbranched alkanes of at least 4 members (excludes halogenated alkanes) is 1. The van der Waals surface area contributed by atoms with Gasteiger partial charge >= 0.3 is 0 Å². The lowest BCUT2D eigenvalue weighted by Crippen LogP contribution is -2.29. The number of fused-ring (bicyclic) bond motifs is 2. The van der Waals surface area contributed by atoms with Crippen LogP contribution in [-0.2, 0) is 0 Å². The maximum Gasteiger partial charge on any atom is 0.267 e. The molecule has 1 atom stereocenters. The molecule has 0 bridgehead atoms. The summed E-state index contributed by atoms with van der Waals surface area (Å²) in [6, 6.07) is 13.1. The highest BCUT2D eigenvalue weighted by Crippen LogP contribution is 2.37. The third-order valence-electron chi connectivity index (χ3n) is 5.51. The summed E-state index contributed by atoms with van der Waals surface area (Å²) < 4.78 is 16.7. The Hall–Kier alpha value is -3.15. The van der Waals surface area contributed by atoms with Crippen molar-refractivity contribution in [3.05, 3.63) is 48.2 Å². The Balaban J connectivity index is 1.42. The van der Waals surface area contributed by atoms with E-state index in [0.29, 0.717) is 35.4 Å². The van der Waals surface area contributed by atoms with Crippen molar-refractivity contribution in [2.75, 3.05) is 13.3 Å². The number of carbonyl (C=O) groups excluding carboxylic acids is 1. The second-order valence-corrected chi connectivity index (χ2v) is 7.68. The molecular formula is C24H28N2O4. The molecule has 6 nitrogen and oxygen atoms in total. The molecule has 0 spiro atoms. The van der Waals surface area contributed by atoms with Crippen molar-refractivity contribution in [3.63, 3.8) is 0 Å². The number of H-pyrrole nitrogens is 1. The van der Waals surface area contributed by atoms with Crippen LogP contribution in [0, 0.1) is 5.92 Å². The minimum atomic E-state index is -0.0700. The predicted molar refractivity (Wildman–Crippen MR) is 117 cm³/mol. The molecule has 1 aromatic heterocycles. The number of ether oxygens (including phenoxy) is 3. The van der Waals surface area contributed by atoms with Gasteiger partial charge < -0.3 is 24.5 Å². The van der Waals surface area contributed by atoms with Crippen molar-refractivity contribution in [1.29, 1.82) is 0 Å². The van der Waals surface area contributed by atoms with E-state index in [1.807, 2.05) is 42.5 Å². The zero-order valence-corrected chi connectivity index (χ0v) is 17.5. The van der Waals surface area contributed by atoms with E-state index < -0.39 is 0 Å². The summed E-state index contributed by atoms with van der Waals surface area (Å²) in [6.07, 6.45) is 4.62. The molecule has 0 saturated heterocycles. The third kappa shape index (κ3) is 4.53. The van der Waals surface area contributed by atoms with Crippen LogP contribution in [0.25, 0.3) is 10.9 Å². The lowest BCUT2D eigenvalue weighted by Gasteiger charge is -2.14. The number of hydrogen-bond donors (Lipinski definition) is 2. The van der Waals surface area contributed by atoms with Crippen molar-refractivity contribution in [1.82, 2.24) is 10.3 Å². The van der Waals surface area contributed by atoms with Gasteiger partial charge in [-0.2, -0.15) is 0 Å². The minimum Gasteiger partial charge on any atom is -0.457 e. The molecule has 4 rings (SSSR count). The first-order valence-corrected chi connectivity index (χ1v) is 10.6. The number of aromatic amines is 1. The van der Waals surface area contributed by atoms with Gasteiger partial charge in [0.15, 0.2) is 11.5 Å². The Bertz CT molecular complexity index is 1030. The van der Waals surface area contributed by atoms with Crippen molar-refractivity contribution < 1.29 is 19.0 Å². The van der Waals surface area contributed by atoms with Crippen LogP contribution in [0.5, 0.6) is 23.0 Å². The summed E-state index contributed by atoms with van der Waals surface area (Å²) >= 11 is 0. The van der Waals surface area contributed by atoms with Crippen LogP contribution >= 0.6 is 0 Å². The van der Waals surface area contributed by atoms with Crippen molar-refractivity contribution in [2.45, 2.75) is 39.5 Å². The molecule has 30 heavy (non-hydrogen) atoms. The van der Waals surface area contributed by atoms with Gasteiger partial charge in [0.05, 0.1) is 0 Å². The molecule has 0 aliphatic carbocycles. The quantitative estimate of drug-likeness (QED) is 0.481. The lowest BCUT2D eigenvalue weighted by molar-refractivity contribution is 0.0941. The zero-order chi connectivity index (χ0) is 20.9. The molecular weight excluding hydrogens is 380 g/mol. The number of rotatable bonds is 9. The normalized spacial score (nSPS) is 13.4. The van der Waals surface area contributed by atoms with Crippen LogP contribution in [-0.4, -0.2) is 24.2 Å². The molecule has 2 aromatic carbocycles. The van der Waals surface area contributed by atoms with E-state index in [0.717, 1.165) is 29.5 Å². The fraction of sp³-hybridized carbons (Fsp3) is 0.375. The van der Waals surface area contributed by atoms with Gasteiger partial charge in [0, 0.05) is 23.5 Å². The van der Waals surface area contributed by atoms with Crippen LogP contribution < -0.4 is 19.5 Å². The number of amides is 1. The molecule has 158 valence electrons. The van der Waals surface area contributed by atoms with Gasteiger partial charge in [-0.1, -0.05) is 33.1 Å². The van der Waals surface area contributed by atoms with Crippen LogP contribution in [0.1, 0.15) is 50.0 Å². The molecule has 6 heteroatoms. The van der Waals surface area contributed by atoms with E-state index in [-0.39, 0.29) is 12.7 Å². The molecule has 3 aromatic rings.